The molecular weight excluding hydrogens is 216 g/mol. The van der Waals surface area contributed by atoms with Crippen LogP contribution in [0.1, 0.15) is 25.8 Å². The lowest BCUT2D eigenvalue weighted by Crippen LogP contribution is -2.30. The van der Waals surface area contributed by atoms with Crippen LogP contribution >= 0.6 is 0 Å². The van der Waals surface area contributed by atoms with Gasteiger partial charge in [-0.25, -0.2) is 4.79 Å². The zero-order valence-corrected chi connectivity index (χ0v) is 10.4. The van der Waals surface area contributed by atoms with Crippen LogP contribution in [0.3, 0.4) is 0 Å². The normalized spacial score (nSPS) is 11.9. The third-order valence-corrected chi connectivity index (χ3v) is 2.44. The van der Waals surface area contributed by atoms with Gasteiger partial charge in [-0.15, -0.1) is 0 Å². The van der Waals surface area contributed by atoms with Gasteiger partial charge in [0.15, 0.2) is 0 Å². The molecule has 4 nitrogen and oxygen atoms in total. The lowest BCUT2D eigenvalue weighted by atomic mass is 10.1. The molecular formula is C13H20N2O2. The zero-order valence-electron chi connectivity index (χ0n) is 10.4. The maximum atomic E-state index is 11.5. The Morgan fingerprint density at radius 3 is 2.88 bits per heavy atom. The lowest BCUT2D eigenvalue weighted by molar-refractivity contribution is 0.184. The molecule has 3 N–H and O–H groups in total. The van der Waals surface area contributed by atoms with Crippen molar-refractivity contribution in [3.63, 3.8) is 0 Å². The van der Waals surface area contributed by atoms with E-state index >= 15 is 0 Å². The molecule has 0 aliphatic rings. The van der Waals surface area contributed by atoms with E-state index in [1.165, 1.54) is 5.56 Å². The number of aryl methyl sites for hydroxylation is 1. The lowest BCUT2D eigenvalue weighted by Gasteiger charge is -2.09. The maximum absolute atomic E-state index is 11.5. The van der Waals surface area contributed by atoms with Crippen LogP contribution in [0.4, 0.5) is 10.5 Å². The average molecular weight is 236 g/mol. The highest BCUT2D eigenvalue weighted by molar-refractivity contribution is 5.89. The number of aliphatic hydroxyl groups is 1. The zero-order chi connectivity index (χ0) is 12.7. The minimum atomic E-state index is -0.390. The van der Waals surface area contributed by atoms with Crippen molar-refractivity contribution >= 4 is 11.7 Å². The minimum absolute atomic E-state index is 0.237. The summed E-state index contributed by atoms with van der Waals surface area (Å²) in [5.41, 5.74) is 1.98. The van der Waals surface area contributed by atoms with Crippen molar-refractivity contribution in [2.75, 3.05) is 11.9 Å². The topological polar surface area (TPSA) is 61.4 Å². The van der Waals surface area contributed by atoms with Crippen molar-refractivity contribution in [1.29, 1.82) is 0 Å². The van der Waals surface area contributed by atoms with Gasteiger partial charge < -0.3 is 15.7 Å². The fourth-order valence-electron chi connectivity index (χ4n) is 1.44. The van der Waals surface area contributed by atoms with E-state index in [2.05, 4.69) is 17.6 Å². The number of hydrogen-bond donors (Lipinski definition) is 3. The third-order valence-electron chi connectivity index (χ3n) is 2.44. The molecule has 0 saturated carbocycles. The maximum Gasteiger partial charge on any atom is 0.319 e. The van der Waals surface area contributed by atoms with Crippen LogP contribution in [0, 0.1) is 0 Å². The Bertz CT molecular complexity index is 364. The smallest absolute Gasteiger partial charge is 0.319 e. The van der Waals surface area contributed by atoms with Crippen LogP contribution in [0.2, 0.25) is 0 Å². The number of carbonyl (C=O) groups is 1. The second-order valence-corrected chi connectivity index (χ2v) is 4.07. The van der Waals surface area contributed by atoms with Crippen molar-refractivity contribution in [2.45, 2.75) is 32.8 Å². The first kappa shape index (κ1) is 13.5. The number of nitrogens with one attached hydrogen (secondary N) is 2. The number of anilines is 1. The molecule has 0 bridgehead atoms. The van der Waals surface area contributed by atoms with Gasteiger partial charge in [0.1, 0.15) is 0 Å². The molecule has 1 atom stereocenters. The molecule has 0 spiro atoms. The summed E-state index contributed by atoms with van der Waals surface area (Å²) in [5, 5.41) is 14.5. The predicted octanol–water partition coefficient (Wildman–Crippen LogP) is 2.14. The first-order valence-electron chi connectivity index (χ1n) is 5.93. The molecule has 0 aromatic heterocycles. The van der Waals surface area contributed by atoms with E-state index in [-0.39, 0.29) is 6.03 Å². The molecule has 0 radical (unpaired) electrons. The van der Waals surface area contributed by atoms with E-state index in [1.807, 2.05) is 24.3 Å². The molecule has 0 saturated heterocycles. The molecule has 0 heterocycles. The van der Waals surface area contributed by atoms with Gasteiger partial charge in [-0.1, -0.05) is 19.1 Å². The number of benzene rings is 1. The fraction of sp³-hybridized carbons (Fsp3) is 0.462. The Balaban J connectivity index is 2.39. The number of hydrogen-bond acceptors (Lipinski definition) is 2. The summed E-state index contributed by atoms with van der Waals surface area (Å²) in [6, 6.07) is 7.52. The van der Waals surface area contributed by atoms with Gasteiger partial charge in [0.25, 0.3) is 0 Å². The molecule has 1 aromatic carbocycles. The molecule has 1 unspecified atom stereocenters. The SMILES string of the molecule is CCc1cccc(NC(=O)NCCC(C)O)c1. The van der Waals surface area contributed by atoms with E-state index in [0.717, 1.165) is 12.1 Å². The van der Waals surface area contributed by atoms with E-state index in [0.29, 0.717) is 13.0 Å². The quantitative estimate of drug-likeness (QED) is 0.733. The van der Waals surface area contributed by atoms with Crippen LogP contribution in [-0.4, -0.2) is 23.8 Å². The first-order chi connectivity index (χ1) is 8.11. The van der Waals surface area contributed by atoms with E-state index in [9.17, 15) is 4.79 Å². The molecule has 17 heavy (non-hydrogen) atoms. The highest BCUT2D eigenvalue weighted by Crippen LogP contribution is 2.10. The Morgan fingerprint density at radius 1 is 1.47 bits per heavy atom. The van der Waals surface area contributed by atoms with Gasteiger partial charge in [0, 0.05) is 12.2 Å². The first-order valence-corrected chi connectivity index (χ1v) is 5.93. The Labute approximate surface area is 102 Å². The molecule has 0 aliphatic carbocycles. The summed E-state index contributed by atoms with van der Waals surface area (Å²) < 4.78 is 0. The number of rotatable bonds is 5. The fourth-order valence-corrected chi connectivity index (χ4v) is 1.44. The van der Waals surface area contributed by atoms with Crippen LogP contribution in [-0.2, 0) is 6.42 Å². The summed E-state index contributed by atoms with van der Waals surface area (Å²) in [5.74, 6) is 0. The largest absolute Gasteiger partial charge is 0.393 e. The van der Waals surface area contributed by atoms with Crippen molar-refractivity contribution in [3.05, 3.63) is 29.8 Å². The predicted molar refractivity (Wildman–Crippen MR) is 69.1 cm³/mol. The summed E-state index contributed by atoms with van der Waals surface area (Å²) in [6.45, 7) is 4.24. The van der Waals surface area contributed by atoms with E-state index in [1.54, 1.807) is 6.92 Å². The molecule has 4 heteroatoms. The Morgan fingerprint density at radius 2 is 2.24 bits per heavy atom. The molecule has 1 rings (SSSR count). The number of carbonyl (C=O) groups excluding carboxylic acids is 1. The third kappa shape index (κ3) is 5.36. The van der Waals surface area contributed by atoms with Crippen molar-refractivity contribution < 1.29 is 9.90 Å². The highest BCUT2D eigenvalue weighted by Gasteiger charge is 2.02. The standard InChI is InChI=1S/C13H20N2O2/c1-3-11-5-4-6-12(9-11)15-13(17)14-8-7-10(2)16/h4-6,9-10,16H,3,7-8H2,1-2H3,(H2,14,15,17). The van der Waals surface area contributed by atoms with Crippen LogP contribution in [0.15, 0.2) is 24.3 Å². The van der Waals surface area contributed by atoms with Crippen molar-refractivity contribution in [2.24, 2.45) is 0 Å². The van der Waals surface area contributed by atoms with Gasteiger partial charge in [0.05, 0.1) is 6.10 Å². The molecule has 2 amide bonds. The highest BCUT2D eigenvalue weighted by atomic mass is 16.3. The second-order valence-electron chi connectivity index (χ2n) is 4.07. The van der Waals surface area contributed by atoms with Gasteiger partial charge in [-0.2, -0.15) is 0 Å². The van der Waals surface area contributed by atoms with Crippen molar-refractivity contribution in [1.82, 2.24) is 5.32 Å². The number of urea groups is 1. The molecule has 1 aromatic rings. The molecule has 94 valence electrons. The van der Waals surface area contributed by atoms with Gasteiger partial charge in [0.2, 0.25) is 0 Å². The second kappa shape index (κ2) is 6.91. The van der Waals surface area contributed by atoms with Gasteiger partial charge >= 0.3 is 6.03 Å². The summed E-state index contributed by atoms with van der Waals surface area (Å²) in [4.78, 5) is 11.5. The average Bonchev–Trinajstić information content (AvgIpc) is 2.28. The Hall–Kier alpha value is -1.55. The van der Waals surface area contributed by atoms with Crippen LogP contribution < -0.4 is 10.6 Å². The number of aliphatic hydroxyl groups excluding tert-OH is 1. The molecule has 0 aliphatic heterocycles. The van der Waals surface area contributed by atoms with Gasteiger partial charge in [-0.05, 0) is 37.5 Å². The van der Waals surface area contributed by atoms with E-state index in [4.69, 9.17) is 5.11 Å². The van der Waals surface area contributed by atoms with Crippen molar-refractivity contribution in [3.8, 4) is 0 Å². The summed E-state index contributed by atoms with van der Waals surface area (Å²) >= 11 is 0. The van der Waals surface area contributed by atoms with Gasteiger partial charge in [-0.3, -0.25) is 0 Å². The number of amides is 2. The minimum Gasteiger partial charge on any atom is -0.393 e. The van der Waals surface area contributed by atoms with E-state index < -0.39 is 6.10 Å². The van der Waals surface area contributed by atoms with Crippen LogP contribution in [0.5, 0.6) is 0 Å². The Kier molecular flexibility index (Phi) is 5.49. The van der Waals surface area contributed by atoms with Crippen LogP contribution in [0.25, 0.3) is 0 Å². The summed E-state index contributed by atoms with van der Waals surface area (Å²) in [6.07, 6.45) is 1.11. The summed E-state index contributed by atoms with van der Waals surface area (Å²) in [7, 11) is 0. The monoisotopic (exact) mass is 236 g/mol. The molecule has 0 fully saturated rings.